The Morgan fingerprint density at radius 1 is 1.44 bits per heavy atom. The number of aromatic amines is 1. The molecule has 10 nitrogen and oxygen atoms in total. The topological polar surface area (TPSA) is 128 Å². The number of nitriles is 1. The molecule has 1 amide bonds. The SMILES string of the molecule is N#CCC([C@H]1CCN(c2nc(Cl)c(NC=O)cc2F)C1)n1cc(-c2ncnc3[nH]ccc23)cn1. The van der Waals surface area contributed by atoms with E-state index in [4.69, 9.17) is 11.6 Å². The van der Waals surface area contributed by atoms with Crippen molar-refractivity contribution in [2.45, 2.75) is 18.9 Å². The molecule has 2 atom stereocenters. The number of anilines is 2. The third-order valence-corrected chi connectivity index (χ3v) is 6.35. The Kier molecular flexibility index (Phi) is 5.81. The minimum Gasteiger partial charge on any atom is -0.354 e. The van der Waals surface area contributed by atoms with E-state index in [0.717, 1.165) is 34.8 Å². The summed E-state index contributed by atoms with van der Waals surface area (Å²) in [5, 5.41) is 17.2. The second-order valence-corrected chi connectivity index (χ2v) is 8.35. The van der Waals surface area contributed by atoms with E-state index in [-0.39, 0.29) is 35.0 Å². The molecule has 5 heterocycles. The Balaban J connectivity index is 1.39. The van der Waals surface area contributed by atoms with Crippen LogP contribution >= 0.6 is 11.6 Å². The lowest BCUT2D eigenvalue weighted by molar-refractivity contribution is -0.105. The summed E-state index contributed by atoms with van der Waals surface area (Å²) in [6.07, 6.45) is 8.31. The molecule has 0 aliphatic carbocycles. The monoisotopic (exact) mass is 479 g/mol. The van der Waals surface area contributed by atoms with Crippen molar-refractivity contribution in [3.05, 3.63) is 48.0 Å². The average Bonchev–Trinajstić information content (AvgIpc) is 3.60. The normalized spacial score (nSPS) is 16.5. The second-order valence-electron chi connectivity index (χ2n) is 7.99. The highest BCUT2D eigenvalue weighted by Crippen LogP contribution is 2.35. The molecule has 5 rings (SSSR count). The predicted octanol–water partition coefficient (Wildman–Crippen LogP) is 3.56. The van der Waals surface area contributed by atoms with Gasteiger partial charge < -0.3 is 15.2 Å². The number of amides is 1. The van der Waals surface area contributed by atoms with Gasteiger partial charge in [-0.1, -0.05) is 11.6 Å². The number of rotatable bonds is 7. The molecule has 34 heavy (non-hydrogen) atoms. The van der Waals surface area contributed by atoms with Crippen molar-refractivity contribution in [2.24, 2.45) is 5.92 Å². The zero-order valence-corrected chi connectivity index (χ0v) is 18.6. The molecule has 0 spiro atoms. The van der Waals surface area contributed by atoms with Crippen molar-refractivity contribution in [1.29, 1.82) is 5.26 Å². The summed E-state index contributed by atoms with van der Waals surface area (Å²) in [5.41, 5.74) is 2.43. The van der Waals surface area contributed by atoms with E-state index in [2.05, 4.69) is 36.4 Å². The number of H-pyrrole nitrogens is 1. The number of hydrogen-bond donors (Lipinski definition) is 2. The van der Waals surface area contributed by atoms with Crippen LogP contribution in [0.15, 0.2) is 37.1 Å². The molecule has 1 aliphatic heterocycles. The van der Waals surface area contributed by atoms with Crippen LogP contribution in [-0.2, 0) is 4.79 Å². The largest absolute Gasteiger partial charge is 0.354 e. The van der Waals surface area contributed by atoms with E-state index in [0.29, 0.717) is 19.5 Å². The van der Waals surface area contributed by atoms with Crippen LogP contribution in [0.5, 0.6) is 0 Å². The standard InChI is InChI=1S/C22H19ClFN9O/c23-20-17(29-12-34)7-16(24)22(31-20)32-6-3-13(9-32)18(1-4-25)33-10-14(8-30-33)19-15-2-5-26-21(15)28-11-27-19/h2,5,7-8,10-13,18H,1,3,6,9H2,(H,29,34)(H,26,27,28)/t13-,18?/m0/s1. The number of fused-ring (bicyclic) bond motifs is 1. The van der Waals surface area contributed by atoms with E-state index >= 15 is 0 Å². The summed E-state index contributed by atoms with van der Waals surface area (Å²) in [5.74, 6) is -0.415. The van der Waals surface area contributed by atoms with Gasteiger partial charge in [0, 0.05) is 48.4 Å². The van der Waals surface area contributed by atoms with Crippen LogP contribution in [0, 0.1) is 23.1 Å². The Morgan fingerprint density at radius 3 is 3.15 bits per heavy atom. The van der Waals surface area contributed by atoms with Gasteiger partial charge in [0.2, 0.25) is 6.41 Å². The Bertz CT molecular complexity index is 1390. The smallest absolute Gasteiger partial charge is 0.211 e. The van der Waals surface area contributed by atoms with Crippen molar-refractivity contribution in [2.75, 3.05) is 23.3 Å². The molecule has 1 aliphatic rings. The van der Waals surface area contributed by atoms with Crippen molar-refractivity contribution in [3.63, 3.8) is 0 Å². The van der Waals surface area contributed by atoms with Gasteiger partial charge in [0.05, 0.1) is 36.1 Å². The first kappa shape index (κ1) is 21.8. The van der Waals surface area contributed by atoms with Crippen molar-refractivity contribution >= 4 is 40.5 Å². The first-order valence-corrected chi connectivity index (χ1v) is 11.0. The first-order chi connectivity index (χ1) is 16.6. The summed E-state index contributed by atoms with van der Waals surface area (Å²) in [7, 11) is 0. The number of pyridine rings is 1. The molecule has 172 valence electrons. The maximum Gasteiger partial charge on any atom is 0.211 e. The lowest BCUT2D eigenvalue weighted by Crippen LogP contribution is -2.26. The van der Waals surface area contributed by atoms with Crippen molar-refractivity contribution < 1.29 is 9.18 Å². The van der Waals surface area contributed by atoms with Crippen LogP contribution < -0.4 is 10.2 Å². The number of halogens is 2. The fourth-order valence-electron chi connectivity index (χ4n) is 4.45. The van der Waals surface area contributed by atoms with E-state index in [1.807, 2.05) is 12.3 Å². The number of nitrogens with zero attached hydrogens (tertiary/aromatic N) is 7. The molecule has 1 fully saturated rings. The van der Waals surface area contributed by atoms with Gasteiger partial charge in [0.25, 0.3) is 0 Å². The Labute approximate surface area is 198 Å². The van der Waals surface area contributed by atoms with Crippen LogP contribution in [0.3, 0.4) is 0 Å². The van der Waals surface area contributed by atoms with E-state index in [9.17, 15) is 14.4 Å². The summed E-state index contributed by atoms with van der Waals surface area (Å²) in [6, 6.07) is 5.11. The molecule has 0 bridgehead atoms. The maximum atomic E-state index is 14.7. The van der Waals surface area contributed by atoms with Gasteiger partial charge in [0.15, 0.2) is 16.8 Å². The van der Waals surface area contributed by atoms with Crippen LogP contribution in [-0.4, -0.2) is 49.2 Å². The van der Waals surface area contributed by atoms with Gasteiger partial charge >= 0.3 is 0 Å². The van der Waals surface area contributed by atoms with Gasteiger partial charge in [-0.25, -0.2) is 19.3 Å². The van der Waals surface area contributed by atoms with Crippen molar-refractivity contribution in [1.82, 2.24) is 29.7 Å². The number of nitrogens with one attached hydrogen (secondary N) is 2. The zero-order chi connectivity index (χ0) is 23.7. The van der Waals surface area contributed by atoms with E-state index in [1.165, 1.54) is 6.33 Å². The number of hydrogen-bond acceptors (Lipinski definition) is 7. The molecule has 0 saturated carbocycles. The highest BCUT2D eigenvalue weighted by atomic mass is 35.5. The predicted molar refractivity (Wildman–Crippen MR) is 124 cm³/mol. The summed E-state index contributed by atoms with van der Waals surface area (Å²) in [4.78, 5) is 28.3. The third-order valence-electron chi connectivity index (χ3n) is 6.06. The molecular weight excluding hydrogens is 461 g/mol. The molecule has 12 heteroatoms. The minimum atomic E-state index is -0.577. The van der Waals surface area contributed by atoms with Crippen LogP contribution in [0.4, 0.5) is 15.9 Å². The lowest BCUT2D eigenvalue weighted by Gasteiger charge is -2.23. The molecule has 4 aromatic rings. The third kappa shape index (κ3) is 3.92. The summed E-state index contributed by atoms with van der Waals surface area (Å²) in [6.45, 7) is 1.04. The molecule has 1 unspecified atom stereocenters. The minimum absolute atomic E-state index is 0.0122. The number of aromatic nitrogens is 6. The zero-order valence-electron chi connectivity index (χ0n) is 17.8. The van der Waals surface area contributed by atoms with Gasteiger partial charge in [-0.2, -0.15) is 10.4 Å². The first-order valence-electron chi connectivity index (χ1n) is 10.6. The molecule has 1 saturated heterocycles. The van der Waals surface area contributed by atoms with Gasteiger partial charge in [-0.3, -0.25) is 9.48 Å². The van der Waals surface area contributed by atoms with Gasteiger partial charge in [0.1, 0.15) is 12.0 Å². The molecular formula is C22H19ClFN9O. The van der Waals surface area contributed by atoms with Gasteiger partial charge in [-0.15, -0.1) is 0 Å². The fraction of sp³-hybridized carbons (Fsp3) is 0.273. The Morgan fingerprint density at radius 2 is 2.32 bits per heavy atom. The average molecular weight is 480 g/mol. The summed E-state index contributed by atoms with van der Waals surface area (Å²) >= 11 is 6.10. The number of carbonyl (C=O) groups excluding carboxylic acids is 1. The highest BCUT2D eigenvalue weighted by Gasteiger charge is 2.33. The quantitative estimate of drug-likeness (QED) is 0.306. The van der Waals surface area contributed by atoms with Crippen LogP contribution in [0.25, 0.3) is 22.3 Å². The Hall–Kier alpha value is -4.04. The molecule has 4 aromatic heterocycles. The lowest BCUT2D eigenvalue weighted by atomic mass is 9.96. The molecule has 0 radical (unpaired) electrons. The second kappa shape index (κ2) is 9.07. The molecule has 0 aromatic carbocycles. The maximum absolute atomic E-state index is 14.7. The van der Waals surface area contributed by atoms with E-state index in [1.54, 1.807) is 22.0 Å². The fourth-order valence-corrected chi connectivity index (χ4v) is 4.64. The van der Waals surface area contributed by atoms with Crippen molar-refractivity contribution in [3.8, 4) is 17.3 Å². The summed E-state index contributed by atoms with van der Waals surface area (Å²) < 4.78 is 16.5. The highest BCUT2D eigenvalue weighted by molar-refractivity contribution is 6.32. The van der Waals surface area contributed by atoms with Crippen LogP contribution in [0.1, 0.15) is 18.9 Å². The van der Waals surface area contributed by atoms with E-state index < -0.39 is 5.82 Å². The molecule has 2 N–H and O–H groups in total. The number of carbonyl (C=O) groups is 1. The van der Waals surface area contributed by atoms with Crippen LogP contribution in [0.2, 0.25) is 5.15 Å². The van der Waals surface area contributed by atoms with Gasteiger partial charge in [-0.05, 0) is 12.5 Å².